The van der Waals surface area contributed by atoms with Gasteiger partial charge < -0.3 is 10.7 Å². The number of rotatable bonds is 6. The van der Waals surface area contributed by atoms with Gasteiger partial charge in [0.2, 0.25) is 10.0 Å². The molecular formula is C13H18N4O2S. The Morgan fingerprint density at radius 1 is 1.40 bits per heavy atom. The number of nitrogens with zero attached hydrogens (tertiary/aromatic N) is 1. The van der Waals surface area contributed by atoms with Crippen molar-refractivity contribution in [3.63, 3.8) is 0 Å². The summed E-state index contributed by atoms with van der Waals surface area (Å²) in [5, 5.41) is 0. The minimum Gasteiger partial charge on any atom is -0.348 e. The molecule has 6 nitrogen and oxygen atoms in total. The number of aryl methyl sites for hydroxylation is 1. The van der Waals surface area contributed by atoms with Gasteiger partial charge in [-0.2, -0.15) is 0 Å². The Hall–Kier alpha value is -1.70. The van der Waals surface area contributed by atoms with Crippen LogP contribution in [0.2, 0.25) is 0 Å². The van der Waals surface area contributed by atoms with Crippen molar-refractivity contribution in [2.45, 2.75) is 24.8 Å². The standard InChI is InChI=1S/C13H18N4O2S/c1-10-2-3-13(6-11(10)7-14)20(18,19)17-5-4-12-8-15-9-16-12/h2-3,6,8-9,17H,4-5,7,14H2,1H3,(H,15,16). The molecule has 0 spiro atoms. The Morgan fingerprint density at radius 3 is 2.85 bits per heavy atom. The third-order valence-electron chi connectivity index (χ3n) is 3.09. The fraction of sp³-hybridized carbons (Fsp3) is 0.308. The average molecular weight is 294 g/mol. The predicted molar refractivity (Wildman–Crippen MR) is 76.6 cm³/mol. The molecule has 0 unspecified atom stereocenters. The summed E-state index contributed by atoms with van der Waals surface area (Å²) < 4.78 is 26.9. The van der Waals surface area contributed by atoms with E-state index < -0.39 is 10.0 Å². The Balaban J connectivity index is 2.06. The topological polar surface area (TPSA) is 101 Å². The molecule has 0 atom stereocenters. The van der Waals surface area contributed by atoms with Crippen LogP contribution in [-0.4, -0.2) is 24.9 Å². The normalized spacial score (nSPS) is 11.7. The van der Waals surface area contributed by atoms with Crippen molar-refractivity contribution in [3.05, 3.63) is 47.5 Å². The number of H-pyrrole nitrogens is 1. The van der Waals surface area contributed by atoms with Crippen molar-refractivity contribution in [2.75, 3.05) is 6.54 Å². The van der Waals surface area contributed by atoms with E-state index >= 15 is 0 Å². The number of aromatic nitrogens is 2. The highest BCUT2D eigenvalue weighted by Gasteiger charge is 2.14. The van der Waals surface area contributed by atoms with Gasteiger partial charge in [-0.1, -0.05) is 6.07 Å². The van der Waals surface area contributed by atoms with Crippen LogP contribution < -0.4 is 10.5 Å². The molecule has 1 aromatic heterocycles. The number of nitrogens with two attached hydrogens (primary N) is 1. The van der Waals surface area contributed by atoms with E-state index in [1.54, 1.807) is 30.7 Å². The van der Waals surface area contributed by atoms with Gasteiger partial charge in [0.25, 0.3) is 0 Å². The largest absolute Gasteiger partial charge is 0.348 e. The molecule has 2 aromatic rings. The van der Waals surface area contributed by atoms with Crippen LogP contribution in [0.5, 0.6) is 0 Å². The van der Waals surface area contributed by atoms with Crippen LogP contribution in [0.4, 0.5) is 0 Å². The third kappa shape index (κ3) is 3.44. The molecule has 7 heteroatoms. The second-order valence-electron chi connectivity index (χ2n) is 4.52. The van der Waals surface area contributed by atoms with E-state index in [-0.39, 0.29) is 4.90 Å². The van der Waals surface area contributed by atoms with Crippen LogP contribution in [0.1, 0.15) is 16.8 Å². The van der Waals surface area contributed by atoms with E-state index in [2.05, 4.69) is 14.7 Å². The van der Waals surface area contributed by atoms with Crippen LogP contribution in [-0.2, 0) is 23.0 Å². The number of aromatic amines is 1. The lowest BCUT2D eigenvalue weighted by molar-refractivity contribution is 0.581. The highest BCUT2D eigenvalue weighted by Crippen LogP contribution is 2.15. The van der Waals surface area contributed by atoms with E-state index in [1.807, 2.05) is 6.92 Å². The molecule has 0 radical (unpaired) electrons. The number of nitrogens with one attached hydrogen (secondary N) is 2. The molecule has 0 bridgehead atoms. The molecule has 2 rings (SSSR count). The molecule has 0 aliphatic carbocycles. The molecular weight excluding hydrogens is 276 g/mol. The second-order valence-corrected chi connectivity index (χ2v) is 6.28. The number of benzene rings is 1. The third-order valence-corrected chi connectivity index (χ3v) is 4.55. The number of hydrogen-bond donors (Lipinski definition) is 3. The van der Waals surface area contributed by atoms with Crippen LogP contribution >= 0.6 is 0 Å². The quantitative estimate of drug-likeness (QED) is 0.730. The Kier molecular flexibility index (Phi) is 4.53. The minimum absolute atomic E-state index is 0.244. The van der Waals surface area contributed by atoms with Crippen molar-refractivity contribution in [3.8, 4) is 0 Å². The summed E-state index contributed by atoms with van der Waals surface area (Å²) in [6, 6.07) is 4.98. The molecule has 1 heterocycles. The van der Waals surface area contributed by atoms with Crippen LogP contribution in [0.15, 0.2) is 35.6 Å². The highest BCUT2D eigenvalue weighted by molar-refractivity contribution is 7.89. The van der Waals surface area contributed by atoms with E-state index in [1.165, 1.54) is 0 Å². The van der Waals surface area contributed by atoms with E-state index in [0.29, 0.717) is 19.5 Å². The lowest BCUT2D eigenvalue weighted by Gasteiger charge is -2.09. The molecule has 0 fully saturated rings. The lowest BCUT2D eigenvalue weighted by Crippen LogP contribution is -2.26. The zero-order valence-corrected chi connectivity index (χ0v) is 12.1. The summed E-state index contributed by atoms with van der Waals surface area (Å²) in [6.07, 6.45) is 3.80. The first-order chi connectivity index (χ1) is 9.53. The van der Waals surface area contributed by atoms with Crippen LogP contribution in [0.25, 0.3) is 0 Å². The van der Waals surface area contributed by atoms with Gasteiger partial charge in [-0.05, 0) is 30.2 Å². The summed E-state index contributed by atoms with van der Waals surface area (Å²) >= 11 is 0. The maximum atomic E-state index is 12.2. The molecule has 0 amide bonds. The van der Waals surface area contributed by atoms with E-state index in [0.717, 1.165) is 16.8 Å². The first-order valence-corrected chi connectivity index (χ1v) is 7.78. The summed E-state index contributed by atoms with van der Waals surface area (Å²) in [7, 11) is -3.50. The minimum atomic E-state index is -3.50. The molecule has 0 aliphatic heterocycles. The van der Waals surface area contributed by atoms with Crippen molar-refractivity contribution in [2.24, 2.45) is 5.73 Å². The molecule has 4 N–H and O–H groups in total. The molecule has 1 aromatic carbocycles. The Morgan fingerprint density at radius 2 is 2.20 bits per heavy atom. The summed E-state index contributed by atoms with van der Waals surface area (Å²) in [5.74, 6) is 0. The average Bonchev–Trinajstić information content (AvgIpc) is 2.92. The van der Waals surface area contributed by atoms with Crippen molar-refractivity contribution < 1.29 is 8.42 Å². The van der Waals surface area contributed by atoms with Gasteiger partial charge in [0.15, 0.2) is 0 Å². The zero-order valence-electron chi connectivity index (χ0n) is 11.3. The first kappa shape index (κ1) is 14.7. The van der Waals surface area contributed by atoms with Gasteiger partial charge in [0.05, 0.1) is 11.2 Å². The van der Waals surface area contributed by atoms with Crippen LogP contribution in [0, 0.1) is 6.92 Å². The number of hydrogen-bond acceptors (Lipinski definition) is 4. The second kappa shape index (κ2) is 6.17. The number of sulfonamides is 1. The summed E-state index contributed by atoms with van der Waals surface area (Å²) in [5.41, 5.74) is 8.31. The summed E-state index contributed by atoms with van der Waals surface area (Å²) in [6.45, 7) is 2.55. The SMILES string of the molecule is Cc1ccc(S(=O)(=O)NCCc2cnc[nH]2)cc1CN. The Bertz CT molecular complexity index is 666. The lowest BCUT2D eigenvalue weighted by atomic mass is 10.1. The molecule has 0 saturated carbocycles. The Labute approximate surface area is 118 Å². The number of imidazole rings is 1. The van der Waals surface area contributed by atoms with Gasteiger partial charge in [-0.3, -0.25) is 0 Å². The fourth-order valence-corrected chi connectivity index (χ4v) is 2.94. The predicted octanol–water partition coefficient (Wildman–Crippen LogP) is 0.698. The molecule has 0 aliphatic rings. The smallest absolute Gasteiger partial charge is 0.240 e. The van der Waals surface area contributed by atoms with E-state index in [9.17, 15) is 8.42 Å². The highest BCUT2D eigenvalue weighted by atomic mass is 32.2. The molecule has 0 saturated heterocycles. The van der Waals surface area contributed by atoms with Gasteiger partial charge in [-0.25, -0.2) is 18.1 Å². The van der Waals surface area contributed by atoms with Gasteiger partial charge in [-0.15, -0.1) is 0 Å². The first-order valence-electron chi connectivity index (χ1n) is 6.29. The van der Waals surface area contributed by atoms with Gasteiger partial charge in [0, 0.05) is 31.4 Å². The zero-order chi connectivity index (χ0) is 14.6. The molecule has 108 valence electrons. The monoisotopic (exact) mass is 294 g/mol. The van der Waals surface area contributed by atoms with Gasteiger partial charge >= 0.3 is 0 Å². The fourth-order valence-electron chi connectivity index (χ4n) is 1.86. The van der Waals surface area contributed by atoms with Crippen molar-refractivity contribution in [1.29, 1.82) is 0 Å². The maximum Gasteiger partial charge on any atom is 0.240 e. The van der Waals surface area contributed by atoms with Crippen molar-refractivity contribution >= 4 is 10.0 Å². The van der Waals surface area contributed by atoms with Crippen LogP contribution in [0.3, 0.4) is 0 Å². The maximum absolute atomic E-state index is 12.2. The van der Waals surface area contributed by atoms with Crippen molar-refractivity contribution in [1.82, 2.24) is 14.7 Å². The molecule has 20 heavy (non-hydrogen) atoms. The van der Waals surface area contributed by atoms with Gasteiger partial charge in [0.1, 0.15) is 0 Å². The van der Waals surface area contributed by atoms with E-state index in [4.69, 9.17) is 5.73 Å². The summed E-state index contributed by atoms with van der Waals surface area (Å²) in [4.78, 5) is 7.05.